The first-order chi connectivity index (χ1) is 9.58. The highest BCUT2D eigenvalue weighted by Crippen LogP contribution is 2.14. The monoisotopic (exact) mass is 309 g/mol. The van der Waals surface area contributed by atoms with Crippen LogP contribution in [0.1, 0.15) is 23.5 Å². The normalized spacial score (nSPS) is 12.2. The summed E-state index contributed by atoms with van der Waals surface area (Å²) in [6.45, 7) is 3.78. The van der Waals surface area contributed by atoms with Crippen molar-refractivity contribution in [2.24, 2.45) is 5.92 Å². The van der Waals surface area contributed by atoms with Gasteiger partial charge in [-0.15, -0.1) is 22.7 Å². The zero-order valence-electron chi connectivity index (χ0n) is 11.1. The smallest absolute Gasteiger partial charge is 0.262 e. The first kappa shape index (κ1) is 14.7. The number of thiazole rings is 1. The van der Waals surface area contributed by atoms with E-state index in [9.17, 15) is 9.59 Å². The molecule has 0 radical (unpaired) electrons. The Morgan fingerprint density at radius 2 is 2.05 bits per heavy atom. The second-order valence-corrected chi connectivity index (χ2v) is 6.34. The summed E-state index contributed by atoms with van der Waals surface area (Å²) in [6.07, 6.45) is 1.62. The molecule has 2 aromatic rings. The highest BCUT2D eigenvalue weighted by Gasteiger charge is 2.25. The number of thiophene rings is 1. The van der Waals surface area contributed by atoms with Gasteiger partial charge < -0.3 is 10.6 Å². The molecule has 5 nitrogen and oxygen atoms in total. The third-order valence-corrected chi connectivity index (χ3v) is 4.20. The van der Waals surface area contributed by atoms with Crippen LogP contribution in [0.3, 0.4) is 0 Å². The first-order valence-electron chi connectivity index (χ1n) is 6.12. The Labute approximate surface area is 125 Å². The van der Waals surface area contributed by atoms with Crippen LogP contribution >= 0.6 is 22.7 Å². The van der Waals surface area contributed by atoms with E-state index in [1.165, 1.54) is 22.7 Å². The Balaban J connectivity index is 2.03. The summed E-state index contributed by atoms with van der Waals surface area (Å²) in [6, 6.07) is 2.95. The van der Waals surface area contributed by atoms with Gasteiger partial charge in [0.2, 0.25) is 5.91 Å². The van der Waals surface area contributed by atoms with E-state index in [-0.39, 0.29) is 17.7 Å². The van der Waals surface area contributed by atoms with Crippen molar-refractivity contribution in [2.45, 2.75) is 19.9 Å². The Hall–Kier alpha value is -1.73. The molecular weight excluding hydrogens is 294 g/mol. The molecule has 1 atom stereocenters. The molecule has 0 aliphatic carbocycles. The maximum Gasteiger partial charge on any atom is 0.262 e. The van der Waals surface area contributed by atoms with E-state index < -0.39 is 6.04 Å². The third-order valence-electron chi connectivity index (χ3n) is 2.64. The molecule has 2 rings (SSSR count). The molecule has 106 valence electrons. The van der Waals surface area contributed by atoms with E-state index in [4.69, 9.17) is 0 Å². The number of aromatic nitrogens is 1. The standard InChI is InChI=1S/C13H15N3O2S2/c1-8(2)10(12(18)16-13-14-5-7-20-13)15-11(17)9-4-3-6-19-9/h3-8,10H,1-2H3,(H,15,17)(H,14,16,18)/t10-/m1/s1. The predicted molar refractivity (Wildman–Crippen MR) is 81.2 cm³/mol. The van der Waals surface area contributed by atoms with E-state index >= 15 is 0 Å². The SMILES string of the molecule is CC(C)[C@@H](NC(=O)c1cccs1)C(=O)Nc1nccs1. The van der Waals surface area contributed by atoms with Gasteiger partial charge in [0.15, 0.2) is 5.13 Å². The molecule has 2 aromatic heterocycles. The molecule has 7 heteroatoms. The van der Waals surface area contributed by atoms with Gasteiger partial charge in [0.05, 0.1) is 4.88 Å². The molecule has 2 heterocycles. The third kappa shape index (κ3) is 3.64. The topological polar surface area (TPSA) is 71.1 Å². The van der Waals surface area contributed by atoms with Crippen LogP contribution in [0.4, 0.5) is 5.13 Å². The van der Waals surface area contributed by atoms with Gasteiger partial charge in [-0.2, -0.15) is 0 Å². The van der Waals surface area contributed by atoms with E-state index in [1.54, 1.807) is 23.7 Å². The summed E-state index contributed by atoms with van der Waals surface area (Å²) in [5.41, 5.74) is 0. The quantitative estimate of drug-likeness (QED) is 0.892. The van der Waals surface area contributed by atoms with Gasteiger partial charge in [0.25, 0.3) is 5.91 Å². The molecule has 0 spiro atoms. The van der Waals surface area contributed by atoms with E-state index in [0.29, 0.717) is 10.0 Å². The zero-order valence-corrected chi connectivity index (χ0v) is 12.8. The van der Waals surface area contributed by atoms with Crippen molar-refractivity contribution in [3.05, 3.63) is 34.0 Å². The highest BCUT2D eigenvalue weighted by molar-refractivity contribution is 7.13. The predicted octanol–water partition coefficient (Wildman–Crippen LogP) is 2.60. The van der Waals surface area contributed by atoms with Gasteiger partial charge >= 0.3 is 0 Å². The Bertz CT molecular complexity index is 564. The van der Waals surface area contributed by atoms with Gasteiger partial charge in [0.1, 0.15) is 6.04 Å². The fraction of sp³-hybridized carbons (Fsp3) is 0.308. The molecule has 0 bridgehead atoms. The van der Waals surface area contributed by atoms with E-state index in [0.717, 1.165) is 0 Å². The van der Waals surface area contributed by atoms with Crippen molar-refractivity contribution < 1.29 is 9.59 Å². The Morgan fingerprint density at radius 1 is 1.25 bits per heavy atom. The van der Waals surface area contributed by atoms with E-state index in [2.05, 4.69) is 15.6 Å². The van der Waals surface area contributed by atoms with E-state index in [1.807, 2.05) is 19.2 Å². The van der Waals surface area contributed by atoms with Gasteiger partial charge in [-0.1, -0.05) is 19.9 Å². The lowest BCUT2D eigenvalue weighted by atomic mass is 10.0. The molecule has 2 N–H and O–H groups in total. The van der Waals surface area contributed by atoms with Crippen LogP contribution < -0.4 is 10.6 Å². The molecule has 0 saturated carbocycles. The minimum atomic E-state index is -0.589. The summed E-state index contributed by atoms with van der Waals surface area (Å²) >= 11 is 2.69. The van der Waals surface area contributed by atoms with Gasteiger partial charge in [-0.3, -0.25) is 9.59 Å². The Morgan fingerprint density at radius 3 is 2.60 bits per heavy atom. The second-order valence-electron chi connectivity index (χ2n) is 4.50. The van der Waals surface area contributed by atoms with Crippen LogP contribution in [0.5, 0.6) is 0 Å². The van der Waals surface area contributed by atoms with Gasteiger partial charge in [0, 0.05) is 11.6 Å². The second kappa shape index (κ2) is 6.62. The van der Waals surface area contributed by atoms with Crippen molar-refractivity contribution in [2.75, 3.05) is 5.32 Å². The minimum Gasteiger partial charge on any atom is -0.339 e. The average molecular weight is 309 g/mol. The van der Waals surface area contributed by atoms with Crippen molar-refractivity contribution >= 4 is 39.6 Å². The molecule has 20 heavy (non-hydrogen) atoms. The van der Waals surface area contributed by atoms with Crippen molar-refractivity contribution in [1.29, 1.82) is 0 Å². The summed E-state index contributed by atoms with van der Waals surface area (Å²) in [4.78, 5) is 28.8. The minimum absolute atomic E-state index is 0.0149. The van der Waals surface area contributed by atoms with Crippen LogP contribution in [0.15, 0.2) is 29.1 Å². The van der Waals surface area contributed by atoms with Crippen molar-refractivity contribution in [1.82, 2.24) is 10.3 Å². The maximum atomic E-state index is 12.2. The Kier molecular flexibility index (Phi) is 4.86. The number of carbonyl (C=O) groups is 2. The van der Waals surface area contributed by atoms with Crippen LogP contribution in [0.2, 0.25) is 0 Å². The molecule has 0 saturated heterocycles. The van der Waals surface area contributed by atoms with Crippen LogP contribution in [-0.4, -0.2) is 22.8 Å². The van der Waals surface area contributed by atoms with Gasteiger partial charge in [-0.25, -0.2) is 4.98 Å². The fourth-order valence-corrected chi connectivity index (χ4v) is 2.78. The number of hydrogen-bond donors (Lipinski definition) is 2. The lowest BCUT2D eigenvalue weighted by Crippen LogP contribution is -2.46. The number of rotatable bonds is 5. The molecule has 0 unspecified atom stereocenters. The average Bonchev–Trinajstić information content (AvgIpc) is 3.07. The number of amides is 2. The highest BCUT2D eigenvalue weighted by atomic mass is 32.1. The maximum absolute atomic E-state index is 12.2. The summed E-state index contributed by atoms with van der Waals surface area (Å²) in [7, 11) is 0. The van der Waals surface area contributed by atoms with Crippen LogP contribution in [-0.2, 0) is 4.79 Å². The number of nitrogens with one attached hydrogen (secondary N) is 2. The van der Waals surface area contributed by atoms with Crippen LogP contribution in [0, 0.1) is 5.92 Å². The molecular formula is C13H15N3O2S2. The van der Waals surface area contributed by atoms with Crippen molar-refractivity contribution in [3.8, 4) is 0 Å². The molecule has 0 aliphatic heterocycles. The number of anilines is 1. The zero-order chi connectivity index (χ0) is 14.5. The van der Waals surface area contributed by atoms with Crippen molar-refractivity contribution in [3.63, 3.8) is 0 Å². The molecule has 2 amide bonds. The largest absolute Gasteiger partial charge is 0.339 e. The van der Waals surface area contributed by atoms with Crippen LogP contribution in [0.25, 0.3) is 0 Å². The summed E-state index contributed by atoms with van der Waals surface area (Å²) in [5.74, 6) is -0.494. The number of nitrogens with zero attached hydrogens (tertiary/aromatic N) is 1. The first-order valence-corrected chi connectivity index (χ1v) is 7.88. The lowest BCUT2D eigenvalue weighted by Gasteiger charge is -2.20. The summed E-state index contributed by atoms with van der Waals surface area (Å²) < 4.78 is 0. The number of carbonyl (C=O) groups excluding carboxylic acids is 2. The number of hydrogen-bond acceptors (Lipinski definition) is 5. The lowest BCUT2D eigenvalue weighted by molar-refractivity contribution is -0.118. The molecule has 0 fully saturated rings. The summed E-state index contributed by atoms with van der Waals surface area (Å²) in [5, 5.41) is 9.62. The molecule has 0 aliphatic rings. The fourth-order valence-electron chi connectivity index (χ4n) is 1.62. The molecule has 0 aromatic carbocycles. The van der Waals surface area contributed by atoms with Gasteiger partial charge in [-0.05, 0) is 17.4 Å².